The second-order valence-corrected chi connectivity index (χ2v) is 8.08. The standard InChI is InChI=1S/C21H26N2O4S/c1-3-15(2)27-17-10-6-5-9-16(17)13-18-20(25)23(21(26)28-18)14-19(24)22-11-7-4-8-12-22/h5-6,9-10,13,15H,3-4,7-8,11-12,14H2,1-2H3/b18-13-/t15-/m0/s1. The number of ether oxygens (including phenoxy) is 1. The molecule has 2 aliphatic heterocycles. The van der Waals surface area contributed by atoms with Crippen molar-refractivity contribution in [3.63, 3.8) is 0 Å². The molecular weight excluding hydrogens is 376 g/mol. The zero-order chi connectivity index (χ0) is 20.1. The summed E-state index contributed by atoms with van der Waals surface area (Å²) in [6.45, 7) is 5.23. The number of thioether (sulfide) groups is 1. The van der Waals surface area contributed by atoms with Gasteiger partial charge in [-0.3, -0.25) is 19.3 Å². The first-order valence-electron chi connectivity index (χ1n) is 9.78. The molecule has 3 amide bonds. The molecule has 0 aliphatic carbocycles. The summed E-state index contributed by atoms with van der Waals surface area (Å²) in [5.74, 6) is 0.0931. The van der Waals surface area contributed by atoms with E-state index in [2.05, 4.69) is 0 Å². The average Bonchev–Trinajstić information content (AvgIpc) is 2.97. The smallest absolute Gasteiger partial charge is 0.294 e. The van der Waals surface area contributed by atoms with Crippen molar-refractivity contribution in [1.29, 1.82) is 0 Å². The Hall–Kier alpha value is -2.28. The largest absolute Gasteiger partial charge is 0.490 e. The van der Waals surface area contributed by atoms with Crippen LogP contribution >= 0.6 is 11.8 Å². The highest BCUT2D eigenvalue weighted by Crippen LogP contribution is 2.34. The predicted molar refractivity (Wildman–Crippen MR) is 110 cm³/mol. The molecule has 3 rings (SSSR count). The lowest BCUT2D eigenvalue weighted by Gasteiger charge is -2.27. The number of piperidine rings is 1. The second kappa shape index (κ2) is 9.28. The molecule has 1 atom stereocenters. The zero-order valence-electron chi connectivity index (χ0n) is 16.3. The van der Waals surface area contributed by atoms with Crippen LogP contribution < -0.4 is 4.74 Å². The molecular formula is C21H26N2O4S. The fourth-order valence-corrected chi connectivity index (χ4v) is 3.99. The van der Waals surface area contributed by atoms with Crippen molar-refractivity contribution in [3.05, 3.63) is 34.7 Å². The SMILES string of the molecule is CC[C@H](C)Oc1ccccc1/C=C1\SC(=O)N(CC(=O)N2CCCCC2)C1=O. The van der Waals surface area contributed by atoms with Crippen LogP contribution in [0.5, 0.6) is 5.75 Å². The van der Waals surface area contributed by atoms with Crippen LogP contribution in [-0.2, 0) is 9.59 Å². The molecule has 1 aromatic rings. The minimum absolute atomic E-state index is 0.0479. The molecule has 6 nitrogen and oxygen atoms in total. The number of rotatable bonds is 6. The topological polar surface area (TPSA) is 66.9 Å². The second-order valence-electron chi connectivity index (χ2n) is 7.08. The van der Waals surface area contributed by atoms with Crippen LogP contribution in [0.3, 0.4) is 0 Å². The summed E-state index contributed by atoms with van der Waals surface area (Å²) in [4.78, 5) is 40.6. The molecule has 7 heteroatoms. The van der Waals surface area contributed by atoms with Crippen LogP contribution in [-0.4, -0.2) is 52.6 Å². The summed E-state index contributed by atoms with van der Waals surface area (Å²) in [5, 5.41) is -0.401. The van der Waals surface area contributed by atoms with Gasteiger partial charge in [0.1, 0.15) is 12.3 Å². The Kier molecular flexibility index (Phi) is 6.78. The van der Waals surface area contributed by atoms with E-state index in [9.17, 15) is 14.4 Å². The van der Waals surface area contributed by atoms with Crippen molar-refractivity contribution in [2.75, 3.05) is 19.6 Å². The Morgan fingerprint density at radius 2 is 1.93 bits per heavy atom. The lowest BCUT2D eigenvalue weighted by Crippen LogP contribution is -2.44. The number of carbonyl (C=O) groups is 3. The Morgan fingerprint density at radius 1 is 1.21 bits per heavy atom. The van der Waals surface area contributed by atoms with E-state index in [1.165, 1.54) is 0 Å². The molecule has 28 heavy (non-hydrogen) atoms. The number of hydrogen-bond donors (Lipinski definition) is 0. The van der Waals surface area contributed by atoms with Crippen molar-refractivity contribution < 1.29 is 19.1 Å². The van der Waals surface area contributed by atoms with E-state index < -0.39 is 11.1 Å². The summed E-state index contributed by atoms with van der Waals surface area (Å²) in [6.07, 6.45) is 5.65. The van der Waals surface area contributed by atoms with E-state index in [1.807, 2.05) is 38.1 Å². The molecule has 2 fully saturated rings. The van der Waals surface area contributed by atoms with Gasteiger partial charge < -0.3 is 9.64 Å². The van der Waals surface area contributed by atoms with Gasteiger partial charge in [0, 0.05) is 18.7 Å². The quantitative estimate of drug-likeness (QED) is 0.675. The van der Waals surface area contributed by atoms with Crippen LogP contribution in [0.15, 0.2) is 29.2 Å². The molecule has 0 radical (unpaired) electrons. The van der Waals surface area contributed by atoms with Crippen molar-refractivity contribution in [3.8, 4) is 5.75 Å². The molecule has 2 heterocycles. The number of para-hydroxylation sites is 1. The minimum atomic E-state index is -0.418. The Morgan fingerprint density at radius 3 is 2.64 bits per heavy atom. The number of amides is 3. The molecule has 0 unspecified atom stereocenters. The molecule has 0 bridgehead atoms. The highest BCUT2D eigenvalue weighted by molar-refractivity contribution is 8.18. The Bertz CT molecular complexity index is 786. The summed E-state index contributed by atoms with van der Waals surface area (Å²) in [5.41, 5.74) is 0.746. The molecule has 0 spiro atoms. The van der Waals surface area contributed by atoms with Gasteiger partial charge in [0.15, 0.2) is 0 Å². The molecule has 0 saturated carbocycles. The highest BCUT2D eigenvalue weighted by atomic mass is 32.2. The van der Waals surface area contributed by atoms with E-state index >= 15 is 0 Å². The Labute approximate surface area is 169 Å². The van der Waals surface area contributed by atoms with Crippen LogP contribution in [0.4, 0.5) is 4.79 Å². The molecule has 150 valence electrons. The number of benzene rings is 1. The first kappa shape index (κ1) is 20.5. The summed E-state index contributed by atoms with van der Waals surface area (Å²) in [7, 11) is 0. The van der Waals surface area contributed by atoms with Crippen molar-refractivity contribution >= 4 is 34.9 Å². The van der Waals surface area contributed by atoms with Gasteiger partial charge in [-0.25, -0.2) is 0 Å². The van der Waals surface area contributed by atoms with Crippen LogP contribution in [0.25, 0.3) is 6.08 Å². The van der Waals surface area contributed by atoms with Gasteiger partial charge in [-0.1, -0.05) is 25.1 Å². The van der Waals surface area contributed by atoms with Crippen molar-refractivity contribution in [2.45, 2.75) is 45.6 Å². The third kappa shape index (κ3) is 4.76. The van der Waals surface area contributed by atoms with E-state index in [1.54, 1.807) is 11.0 Å². The molecule has 2 aliphatic rings. The van der Waals surface area contributed by atoms with Crippen LogP contribution in [0.1, 0.15) is 45.1 Å². The van der Waals surface area contributed by atoms with Gasteiger partial charge in [-0.05, 0) is 56.5 Å². The zero-order valence-corrected chi connectivity index (χ0v) is 17.2. The summed E-state index contributed by atoms with van der Waals surface area (Å²) < 4.78 is 5.91. The fourth-order valence-electron chi connectivity index (χ4n) is 3.16. The third-order valence-electron chi connectivity index (χ3n) is 4.98. The van der Waals surface area contributed by atoms with Gasteiger partial charge in [-0.15, -0.1) is 0 Å². The summed E-state index contributed by atoms with van der Waals surface area (Å²) in [6, 6.07) is 7.43. The molecule has 0 aromatic heterocycles. The van der Waals surface area contributed by atoms with E-state index in [-0.39, 0.29) is 18.6 Å². The third-order valence-corrected chi connectivity index (χ3v) is 5.89. The lowest BCUT2D eigenvalue weighted by atomic mass is 10.1. The first-order valence-corrected chi connectivity index (χ1v) is 10.6. The monoisotopic (exact) mass is 402 g/mol. The molecule has 0 N–H and O–H groups in total. The van der Waals surface area contributed by atoms with Crippen LogP contribution in [0, 0.1) is 0 Å². The van der Waals surface area contributed by atoms with Crippen molar-refractivity contribution in [2.24, 2.45) is 0 Å². The maximum Gasteiger partial charge on any atom is 0.294 e. The highest BCUT2D eigenvalue weighted by Gasteiger charge is 2.37. The van der Waals surface area contributed by atoms with E-state index in [0.29, 0.717) is 23.7 Å². The van der Waals surface area contributed by atoms with E-state index in [0.717, 1.165) is 47.9 Å². The maximum absolute atomic E-state index is 12.7. The minimum Gasteiger partial charge on any atom is -0.490 e. The van der Waals surface area contributed by atoms with Gasteiger partial charge in [0.05, 0.1) is 11.0 Å². The predicted octanol–water partition coefficient (Wildman–Crippen LogP) is 3.91. The lowest BCUT2D eigenvalue weighted by molar-refractivity contribution is -0.136. The number of imide groups is 1. The van der Waals surface area contributed by atoms with E-state index in [4.69, 9.17) is 4.74 Å². The number of nitrogens with zero attached hydrogens (tertiary/aromatic N) is 2. The van der Waals surface area contributed by atoms with Crippen LogP contribution in [0.2, 0.25) is 0 Å². The Balaban J connectivity index is 1.73. The van der Waals surface area contributed by atoms with Crippen molar-refractivity contribution in [1.82, 2.24) is 9.80 Å². The number of carbonyl (C=O) groups excluding carboxylic acids is 3. The first-order chi connectivity index (χ1) is 13.5. The normalized spacial score (nSPS) is 20.0. The fraction of sp³-hybridized carbons (Fsp3) is 0.476. The molecule has 1 aromatic carbocycles. The summed E-state index contributed by atoms with van der Waals surface area (Å²) >= 11 is 0.871. The van der Waals surface area contributed by atoms with Gasteiger partial charge in [-0.2, -0.15) is 0 Å². The average molecular weight is 403 g/mol. The van der Waals surface area contributed by atoms with Gasteiger partial charge in [0.2, 0.25) is 5.91 Å². The maximum atomic E-state index is 12.7. The number of hydrogen-bond acceptors (Lipinski definition) is 5. The van der Waals surface area contributed by atoms with Gasteiger partial charge >= 0.3 is 0 Å². The number of likely N-dealkylation sites (tertiary alicyclic amines) is 1. The molecule has 2 saturated heterocycles. The van der Waals surface area contributed by atoms with Gasteiger partial charge in [0.25, 0.3) is 11.1 Å².